The van der Waals surface area contributed by atoms with Gasteiger partial charge in [0.1, 0.15) is 18.0 Å². The number of ether oxygens (including phenoxy) is 2. The van der Waals surface area contributed by atoms with E-state index in [4.69, 9.17) is 23.0 Å². The van der Waals surface area contributed by atoms with E-state index in [1.165, 1.54) is 10.6 Å². The first kappa shape index (κ1) is 40.3. The van der Waals surface area contributed by atoms with E-state index in [2.05, 4.69) is 152 Å². The van der Waals surface area contributed by atoms with E-state index in [0.29, 0.717) is 5.75 Å². The number of fused-ring (bicyclic) bond motifs is 1. The van der Waals surface area contributed by atoms with Crippen molar-refractivity contribution in [3.8, 4) is 16.9 Å². The van der Waals surface area contributed by atoms with Crippen molar-refractivity contribution in [1.29, 1.82) is 0 Å². The van der Waals surface area contributed by atoms with Crippen LogP contribution in [0.3, 0.4) is 0 Å². The van der Waals surface area contributed by atoms with Gasteiger partial charge in [0.05, 0.1) is 0 Å². The highest BCUT2D eigenvalue weighted by Crippen LogP contribution is 2.65. The third-order valence-corrected chi connectivity index (χ3v) is 15.3. The molecule has 0 N–H and O–H groups in total. The molecule has 2 heterocycles. The fraction of sp³-hybridized carbons (Fsp3) is 0.127. The molecular weight excluding hydrogens is 803 g/mol. The molecule has 8 aromatic carbocycles. The van der Waals surface area contributed by atoms with Gasteiger partial charge in [-0.25, -0.2) is 0 Å². The maximum absolute atomic E-state index is 7.84. The summed E-state index contributed by atoms with van der Waals surface area (Å²) in [6.07, 6.45) is -1.46. The Labute approximate surface area is 366 Å². The summed E-state index contributed by atoms with van der Waals surface area (Å²) >= 11 is 0. The van der Waals surface area contributed by atoms with Crippen molar-refractivity contribution in [3.05, 3.63) is 253 Å². The molecule has 2 unspecified atom stereocenters. The molecule has 62 heavy (non-hydrogen) atoms. The predicted octanol–water partition coefficient (Wildman–Crippen LogP) is 12.2. The van der Waals surface area contributed by atoms with Gasteiger partial charge in [-0.3, -0.25) is 9.05 Å². The minimum Gasteiger partial charge on any atom is -0.425 e. The maximum atomic E-state index is 7.84. The van der Waals surface area contributed by atoms with Crippen LogP contribution in [0.1, 0.15) is 36.1 Å². The first-order valence-corrected chi connectivity index (χ1v) is 23.4. The Morgan fingerprint density at radius 2 is 0.774 bits per heavy atom. The van der Waals surface area contributed by atoms with Gasteiger partial charge in [-0.15, -0.1) is 0 Å². The molecule has 5 nitrogen and oxygen atoms in total. The van der Waals surface area contributed by atoms with E-state index in [9.17, 15) is 0 Å². The van der Waals surface area contributed by atoms with Crippen molar-refractivity contribution < 1.29 is 23.0 Å². The van der Waals surface area contributed by atoms with Gasteiger partial charge in [0.25, 0.3) is 0 Å². The average Bonchev–Trinajstić information content (AvgIpc) is 3.62. The SMILES string of the molecule is CC1(C)OC2C(O1)C(c1ccccc1)(c1ccccc1)OP(Oc1c(-c3ccccc3)cccc1P(c1ccccc1)c1ccccc1)OC2(c1ccccc1)c1ccccc1. The van der Waals surface area contributed by atoms with E-state index in [-0.39, 0.29) is 0 Å². The summed E-state index contributed by atoms with van der Waals surface area (Å²) < 4.78 is 37.9. The van der Waals surface area contributed by atoms with Crippen LogP contribution in [-0.2, 0) is 29.7 Å². The molecule has 10 rings (SSSR count). The lowest BCUT2D eigenvalue weighted by molar-refractivity contribution is -0.175. The third-order valence-electron chi connectivity index (χ3n) is 11.7. The molecule has 0 aromatic heterocycles. The number of rotatable bonds is 10. The number of hydrogen-bond acceptors (Lipinski definition) is 5. The maximum Gasteiger partial charge on any atom is 0.399 e. The lowest BCUT2D eigenvalue weighted by Crippen LogP contribution is -2.53. The lowest BCUT2D eigenvalue weighted by atomic mass is 9.72. The molecule has 2 aliphatic rings. The number of para-hydroxylation sites is 1. The van der Waals surface area contributed by atoms with Crippen LogP contribution in [0.15, 0.2) is 231 Å². The minimum absolute atomic E-state index is 0.697. The second kappa shape index (κ2) is 17.2. The molecule has 2 fully saturated rings. The molecule has 306 valence electrons. The Balaban J connectivity index is 1.27. The van der Waals surface area contributed by atoms with Gasteiger partial charge in [0.15, 0.2) is 17.0 Å². The van der Waals surface area contributed by atoms with Crippen LogP contribution in [0.25, 0.3) is 11.1 Å². The highest BCUT2D eigenvalue weighted by atomic mass is 31.2. The van der Waals surface area contributed by atoms with Gasteiger partial charge in [-0.1, -0.05) is 231 Å². The molecule has 0 saturated carbocycles. The summed E-state index contributed by atoms with van der Waals surface area (Å²) in [5.41, 5.74) is 2.99. The van der Waals surface area contributed by atoms with E-state index >= 15 is 0 Å². The largest absolute Gasteiger partial charge is 0.425 e. The van der Waals surface area contributed by atoms with Crippen molar-refractivity contribution in [2.75, 3.05) is 0 Å². The van der Waals surface area contributed by atoms with Crippen LogP contribution in [0.4, 0.5) is 0 Å². The van der Waals surface area contributed by atoms with Gasteiger partial charge in [-0.05, 0) is 60.2 Å². The molecule has 0 amide bonds. The summed E-state index contributed by atoms with van der Waals surface area (Å²) in [5, 5.41) is 3.44. The van der Waals surface area contributed by atoms with Crippen LogP contribution >= 0.6 is 16.5 Å². The van der Waals surface area contributed by atoms with E-state index in [1.807, 2.05) is 92.7 Å². The highest BCUT2D eigenvalue weighted by molar-refractivity contribution is 7.80. The topological polar surface area (TPSA) is 46.2 Å². The smallest absolute Gasteiger partial charge is 0.399 e. The number of hydrogen-bond donors (Lipinski definition) is 0. The van der Waals surface area contributed by atoms with Crippen LogP contribution < -0.4 is 20.4 Å². The van der Waals surface area contributed by atoms with Crippen molar-refractivity contribution in [2.24, 2.45) is 0 Å². The fourth-order valence-electron chi connectivity index (χ4n) is 8.99. The van der Waals surface area contributed by atoms with Crippen molar-refractivity contribution >= 4 is 32.4 Å². The van der Waals surface area contributed by atoms with Gasteiger partial charge in [0.2, 0.25) is 0 Å². The molecule has 0 bridgehead atoms. The van der Waals surface area contributed by atoms with Crippen molar-refractivity contribution in [3.63, 3.8) is 0 Å². The first-order valence-electron chi connectivity index (χ1n) is 21.0. The van der Waals surface area contributed by atoms with Crippen LogP contribution in [0, 0.1) is 0 Å². The third kappa shape index (κ3) is 7.40. The summed E-state index contributed by atoms with van der Waals surface area (Å²) in [4.78, 5) is 0. The quantitative estimate of drug-likeness (QED) is 0.128. The minimum atomic E-state index is -2.34. The van der Waals surface area contributed by atoms with Gasteiger partial charge in [-0.2, -0.15) is 0 Å². The van der Waals surface area contributed by atoms with Crippen molar-refractivity contribution in [2.45, 2.75) is 43.0 Å². The molecule has 2 saturated heterocycles. The van der Waals surface area contributed by atoms with Crippen LogP contribution in [-0.4, -0.2) is 18.0 Å². The second-order valence-corrected chi connectivity index (χ2v) is 19.1. The van der Waals surface area contributed by atoms with Crippen molar-refractivity contribution in [1.82, 2.24) is 0 Å². The van der Waals surface area contributed by atoms with E-state index < -0.39 is 45.7 Å². The molecule has 2 aliphatic heterocycles. The Kier molecular flexibility index (Phi) is 11.2. The zero-order valence-electron chi connectivity index (χ0n) is 34.5. The predicted molar refractivity (Wildman–Crippen MR) is 251 cm³/mol. The zero-order valence-corrected chi connectivity index (χ0v) is 36.3. The second-order valence-electron chi connectivity index (χ2n) is 15.9. The summed E-state index contributed by atoms with van der Waals surface area (Å²) in [6.45, 7) is 3.94. The molecule has 0 radical (unpaired) electrons. The Morgan fingerprint density at radius 3 is 1.16 bits per heavy atom. The van der Waals surface area contributed by atoms with Gasteiger partial charge in [0, 0.05) is 10.9 Å². The average molecular weight is 849 g/mol. The molecule has 0 spiro atoms. The van der Waals surface area contributed by atoms with Gasteiger partial charge < -0.3 is 14.0 Å². The Bertz CT molecular complexity index is 2480. The van der Waals surface area contributed by atoms with E-state index in [1.54, 1.807) is 0 Å². The molecule has 7 heteroatoms. The normalized spacial score (nSPS) is 19.9. The Morgan fingerprint density at radius 1 is 0.419 bits per heavy atom. The summed E-state index contributed by atoms with van der Waals surface area (Å²) in [7, 11) is -3.46. The summed E-state index contributed by atoms with van der Waals surface area (Å²) in [6, 6.07) is 79.7. The fourth-order valence-corrected chi connectivity index (χ4v) is 13.0. The van der Waals surface area contributed by atoms with Crippen LogP contribution in [0.5, 0.6) is 5.75 Å². The summed E-state index contributed by atoms with van der Waals surface area (Å²) in [5.74, 6) is -0.316. The molecule has 0 aliphatic carbocycles. The first-order chi connectivity index (χ1) is 30.5. The lowest BCUT2D eigenvalue weighted by Gasteiger charge is -2.41. The number of benzene rings is 8. The molecule has 8 aromatic rings. The molecular formula is C55H46O5P2. The Hall–Kier alpha value is -5.74. The highest BCUT2D eigenvalue weighted by Gasteiger charge is 2.67. The van der Waals surface area contributed by atoms with Crippen LogP contribution in [0.2, 0.25) is 0 Å². The van der Waals surface area contributed by atoms with Gasteiger partial charge >= 0.3 is 8.60 Å². The monoisotopic (exact) mass is 848 g/mol. The molecule has 2 atom stereocenters. The zero-order chi connectivity index (χ0) is 42.0. The standard InChI is InChI=1S/C55H46O5P2/c1-53(2)56-51-52(57-53)55(44-31-16-6-17-32-44,45-33-18-7-19-34-45)60-62(59-54(51,42-27-12-4-13-28-42)43-29-14-5-15-30-43)58-50-48(41-25-10-3-11-26-41)39-24-40-49(50)61(46-35-20-8-21-36-46)47-37-22-9-23-38-47/h3-40,51-52H,1-2H3. The van der Waals surface area contributed by atoms with E-state index in [0.717, 1.165) is 38.7 Å².